The van der Waals surface area contributed by atoms with Crippen LogP contribution in [0.15, 0.2) is 0 Å². The fourth-order valence-electron chi connectivity index (χ4n) is 2.25. The smallest absolute Gasteiger partial charge is 0.263 e. The molecule has 1 aliphatic rings. The molecule has 1 aromatic rings. The van der Waals surface area contributed by atoms with E-state index in [1.807, 2.05) is 4.90 Å². The Bertz CT molecular complexity index is 639. The van der Waals surface area contributed by atoms with E-state index in [1.54, 1.807) is 0 Å². The molecule has 1 amide bonds. The van der Waals surface area contributed by atoms with E-state index in [0.29, 0.717) is 40.8 Å². The average Bonchev–Trinajstić information content (AvgIpc) is 2.66. The zero-order chi connectivity index (χ0) is 15.6. The van der Waals surface area contributed by atoms with Crippen molar-refractivity contribution in [1.82, 2.24) is 5.32 Å². The lowest BCUT2D eigenvalue weighted by Crippen LogP contribution is -2.26. The van der Waals surface area contributed by atoms with Gasteiger partial charge in [-0.15, -0.1) is 11.3 Å². The van der Waals surface area contributed by atoms with Crippen LogP contribution in [0.4, 0.5) is 10.7 Å². The van der Waals surface area contributed by atoms with E-state index in [1.165, 1.54) is 25.5 Å². The van der Waals surface area contributed by atoms with Gasteiger partial charge in [0.15, 0.2) is 15.6 Å². The molecule has 1 aromatic heterocycles. The van der Waals surface area contributed by atoms with Gasteiger partial charge in [-0.05, 0) is 6.42 Å². The zero-order valence-electron chi connectivity index (χ0n) is 12.0. The zero-order valence-corrected chi connectivity index (χ0v) is 13.6. The summed E-state index contributed by atoms with van der Waals surface area (Å²) in [4.78, 5) is 14.1. The van der Waals surface area contributed by atoms with E-state index < -0.39 is 9.84 Å². The molecule has 0 aliphatic carbocycles. The number of nitrogens with two attached hydrogens (primary N) is 1. The Labute approximate surface area is 128 Å². The Kier molecular flexibility index (Phi) is 4.62. The Hall–Kier alpha value is -1.48. The molecule has 0 spiro atoms. The minimum atomic E-state index is -2.99. The van der Waals surface area contributed by atoms with Gasteiger partial charge in [-0.1, -0.05) is 0 Å². The Balaban J connectivity index is 2.37. The molecule has 0 radical (unpaired) electrons. The molecule has 0 saturated carbocycles. The third-order valence-corrected chi connectivity index (χ3v) is 6.32. The highest BCUT2D eigenvalue weighted by Crippen LogP contribution is 2.44. The van der Waals surface area contributed by atoms with E-state index >= 15 is 0 Å². The topological polar surface area (TPSA) is 102 Å². The fourth-order valence-corrected chi connectivity index (χ4v) is 4.71. The summed E-state index contributed by atoms with van der Waals surface area (Å²) < 4.78 is 28.7. The van der Waals surface area contributed by atoms with Crippen LogP contribution in [0.25, 0.3) is 0 Å². The first-order valence-electron chi connectivity index (χ1n) is 6.53. The fraction of sp³-hybridized carbons (Fsp3) is 0.583. The molecule has 2 heterocycles. The summed E-state index contributed by atoms with van der Waals surface area (Å²) in [6.07, 6.45) is 0.554. The second-order valence-electron chi connectivity index (χ2n) is 4.75. The largest absolute Gasteiger partial charge is 0.492 e. The standard InChI is InChI=1S/C12H19N3O4S2/c1-14-11(16)10-8(13)9(19-2)12(20-10)15-4-3-6-21(17,18)7-5-15/h3-7,13H2,1-2H3,(H,14,16). The van der Waals surface area contributed by atoms with Crippen LogP contribution >= 0.6 is 11.3 Å². The first kappa shape index (κ1) is 15.9. The van der Waals surface area contributed by atoms with Gasteiger partial charge in [-0.2, -0.15) is 0 Å². The molecule has 118 valence electrons. The second-order valence-corrected chi connectivity index (χ2v) is 8.06. The second kappa shape index (κ2) is 6.10. The van der Waals surface area contributed by atoms with Crippen molar-refractivity contribution in [3.8, 4) is 5.75 Å². The summed E-state index contributed by atoms with van der Waals surface area (Å²) in [5, 5.41) is 3.25. The molecule has 1 saturated heterocycles. The lowest BCUT2D eigenvalue weighted by Gasteiger charge is -2.21. The maximum atomic E-state index is 11.8. The van der Waals surface area contributed by atoms with Crippen molar-refractivity contribution >= 4 is 37.8 Å². The number of ether oxygens (including phenoxy) is 1. The van der Waals surface area contributed by atoms with Crippen molar-refractivity contribution in [2.24, 2.45) is 0 Å². The number of sulfone groups is 1. The number of carbonyl (C=O) groups is 1. The molecule has 1 fully saturated rings. The molecular weight excluding hydrogens is 314 g/mol. The number of hydrogen-bond acceptors (Lipinski definition) is 7. The number of nitrogens with one attached hydrogen (secondary N) is 1. The van der Waals surface area contributed by atoms with Gasteiger partial charge < -0.3 is 20.7 Å². The lowest BCUT2D eigenvalue weighted by atomic mass is 10.3. The SMILES string of the molecule is CNC(=O)c1sc(N2CCCS(=O)(=O)CC2)c(OC)c1N. The molecule has 7 nitrogen and oxygen atoms in total. The molecule has 9 heteroatoms. The third kappa shape index (κ3) is 3.24. The van der Waals surface area contributed by atoms with Crippen LogP contribution in [0.5, 0.6) is 5.75 Å². The Morgan fingerprint density at radius 2 is 2.10 bits per heavy atom. The highest BCUT2D eigenvalue weighted by atomic mass is 32.2. The maximum Gasteiger partial charge on any atom is 0.263 e. The van der Waals surface area contributed by atoms with E-state index in [9.17, 15) is 13.2 Å². The van der Waals surface area contributed by atoms with Gasteiger partial charge >= 0.3 is 0 Å². The molecule has 2 rings (SSSR count). The summed E-state index contributed by atoms with van der Waals surface area (Å²) >= 11 is 1.23. The number of anilines is 2. The first-order valence-corrected chi connectivity index (χ1v) is 9.17. The van der Waals surface area contributed by atoms with Crippen molar-refractivity contribution in [3.05, 3.63) is 4.88 Å². The van der Waals surface area contributed by atoms with Gasteiger partial charge in [0.2, 0.25) is 0 Å². The minimum absolute atomic E-state index is 0.100. The monoisotopic (exact) mass is 333 g/mol. The van der Waals surface area contributed by atoms with Crippen molar-refractivity contribution < 1.29 is 17.9 Å². The average molecular weight is 333 g/mol. The number of methoxy groups -OCH3 is 1. The number of thiophene rings is 1. The van der Waals surface area contributed by atoms with E-state index in [4.69, 9.17) is 10.5 Å². The van der Waals surface area contributed by atoms with E-state index in [-0.39, 0.29) is 17.4 Å². The van der Waals surface area contributed by atoms with Gasteiger partial charge in [0, 0.05) is 20.1 Å². The number of carbonyl (C=O) groups excluding carboxylic acids is 1. The Morgan fingerprint density at radius 1 is 1.38 bits per heavy atom. The van der Waals surface area contributed by atoms with Crippen molar-refractivity contribution in [2.75, 3.05) is 49.4 Å². The molecule has 1 aliphatic heterocycles. The van der Waals surface area contributed by atoms with Crippen LogP contribution in [0.2, 0.25) is 0 Å². The number of nitrogen functional groups attached to an aromatic ring is 1. The van der Waals surface area contributed by atoms with Gasteiger partial charge in [-0.3, -0.25) is 4.79 Å². The summed E-state index contributed by atoms with van der Waals surface area (Å²) in [6.45, 7) is 0.981. The third-order valence-electron chi connectivity index (χ3n) is 3.36. The van der Waals surface area contributed by atoms with E-state index in [2.05, 4.69) is 5.32 Å². The number of rotatable bonds is 3. The van der Waals surface area contributed by atoms with Crippen molar-refractivity contribution in [3.63, 3.8) is 0 Å². The van der Waals surface area contributed by atoms with Crippen molar-refractivity contribution in [2.45, 2.75) is 6.42 Å². The van der Waals surface area contributed by atoms with Crippen LogP contribution in [0, 0.1) is 0 Å². The minimum Gasteiger partial charge on any atom is -0.492 e. The predicted molar refractivity (Wildman–Crippen MR) is 84.2 cm³/mol. The highest BCUT2D eigenvalue weighted by Gasteiger charge is 2.27. The first-order chi connectivity index (χ1) is 9.89. The Morgan fingerprint density at radius 3 is 2.71 bits per heavy atom. The summed E-state index contributed by atoms with van der Waals surface area (Å²) in [7, 11) is 0.0317. The highest BCUT2D eigenvalue weighted by molar-refractivity contribution is 7.91. The summed E-state index contributed by atoms with van der Waals surface area (Å²) in [6, 6.07) is 0. The van der Waals surface area contributed by atoms with Crippen LogP contribution in [-0.4, -0.2) is 53.1 Å². The summed E-state index contributed by atoms with van der Waals surface area (Å²) in [5.74, 6) is 0.459. The number of amides is 1. The van der Waals surface area contributed by atoms with Gasteiger partial charge in [0.25, 0.3) is 5.91 Å². The summed E-state index contributed by atoms with van der Waals surface area (Å²) in [5.41, 5.74) is 6.27. The quantitative estimate of drug-likeness (QED) is 0.826. The van der Waals surface area contributed by atoms with Gasteiger partial charge in [0.05, 0.1) is 18.6 Å². The van der Waals surface area contributed by atoms with Crippen LogP contribution in [0.3, 0.4) is 0 Å². The molecule has 0 aromatic carbocycles. The normalized spacial score (nSPS) is 18.1. The molecule has 0 atom stereocenters. The van der Waals surface area contributed by atoms with Gasteiger partial charge in [0.1, 0.15) is 15.6 Å². The van der Waals surface area contributed by atoms with Crippen LogP contribution in [0.1, 0.15) is 16.1 Å². The van der Waals surface area contributed by atoms with Crippen molar-refractivity contribution in [1.29, 1.82) is 0 Å². The molecule has 0 unspecified atom stereocenters. The maximum absolute atomic E-state index is 11.8. The van der Waals surface area contributed by atoms with E-state index in [0.717, 1.165) is 0 Å². The number of nitrogens with zero attached hydrogens (tertiary/aromatic N) is 1. The van der Waals surface area contributed by atoms with Crippen LogP contribution < -0.4 is 20.7 Å². The predicted octanol–water partition coefficient (Wildman–Crippen LogP) is 0.323. The molecule has 0 bridgehead atoms. The number of hydrogen-bond donors (Lipinski definition) is 2. The molecule has 3 N–H and O–H groups in total. The molecular formula is C12H19N3O4S2. The van der Waals surface area contributed by atoms with Crippen LogP contribution in [-0.2, 0) is 9.84 Å². The lowest BCUT2D eigenvalue weighted by molar-refractivity contribution is 0.0967. The molecule has 21 heavy (non-hydrogen) atoms. The van der Waals surface area contributed by atoms with Gasteiger partial charge in [-0.25, -0.2) is 8.42 Å².